The van der Waals surface area contributed by atoms with Gasteiger partial charge in [0, 0.05) is 6.54 Å². The smallest absolute Gasteiger partial charge is 0.310 e. The lowest BCUT2D eigenvalue weighted by Gasteiger charge is -1.93. The molecule has 0 bridgehead atoms. The highest BCUT2D eigenvalue weighted by atomic mass is 14.8. The molecule has 0 aliphatic heterocycles. The summed E-state index contributed by atoms with van der Waals surface area (Å²) >= 11 is 0. The zero-order chi connectivity index (χ0) is 9.40. The lowest BCUT2D eigenvalue weighted by molar-refractivity contribution is 1.09. The van der Waals surface area contributed by atoms with E-state index in [9.17, 15) is 0 Å². The third-order valence-electron chi connectivity index (χ3n) is 1.17. The number of hydrogen-bond donors (Lipinski definition) is 0. The van der Waals surface area contributed by atoms with Gasteiger partial charge in [0.2, 0.25) is 0 Å². The molecule has 0 saturated heterocycles. The van der Waals surface area contributed by atoms with Crippen molar-refractivity contribution in [3.05, 3.63) is 22.8 Å². The molecule has 60 valence electrons. The molecule has 0 aromatic heterocycles. The Morgan fingerprint density at radius 2 is 2.33 bits per heavy atom. The van der Waals surface area contributed by atoms with Gasteiger partial charge in [0.1, 0.15) is 0 Å². The molecule has 0 aliphatic rings. The summed E-state index contributed by atoms with van der Waals surface area (Å²) in [7, 11) is 0. The van der Waals surface area contributed by atoms with Crippen molar-refractivity contribution in [3.8, 4) is 6.07 Å². The van der Waals surface area contributed by atoms with Crippen molar-refractivity contribution < 1.29 is 0 Å². The van der Waals surface area contributed by atoms with Gasteiger partial charge in [0.25, 0.3) is 6.54 Å². The summed E-state index contributed by atoms with van der Waals surface area (Å²) in [5, 5.41) is 8.50. The Labute approximate surface area is 71.8 Å². The van der Waals surface area contributed by atoms with E-state index in [1.807, 2.05) is 6.92 Å². The average Bonchev–Trinajstić information content (AvgIpc) is 2.07. The molecule has 12 heavy (non-hydrogen) atoms. The second-order valence-corrected chi connectivity index (χ2v) is 1.94. The topological polar surface area (TPSA) is 44.9 Å². The van der Waals surface area contributed by atoms with Gasteiger partial charge in [-0.25, -0.2) is 13.1 Å². The molecule has 0 fully saturated rings. The van der Waals surface area contributed by atoms with Crippen LogP contribution in [0.2, 0.25) is 0 Å². The van der Waals surface area contributed by atoms with Gasteiger partial charge in [-0.05, 0) is 6.92 Å². The molecule has 4 heteroatoms. The highest BCUT2D eigenvalue weighted by Crippen LogP contribution is 1.95. The van der Waals surface area contributed by atoms with E-state index < -0.39 is 6.04 Å². The first-order valence-corrected chi connectivity index (χ1v) is 3.42. The van der Waals surface area contributed by atoms with Crippen LogP contribution in [-0.4, -0.2) is 24.8 Å². The van der Waals surface area contributed by atoms with Crippen LogP contribution in [0.3, 0.4) is 0 Å². The van der Waals surface area contributed by atoms with E-state index in [0.717, 1.165) is 0 Å². The quantitative estimate of drug-likeness (QED) is 0.451. The standard InChI is InChI=1S/C8H8N4/c1-4-12-8(6-10-2)7(5-9)11-3/h7H,4,6H2,1H3. The van der Waals surface area contributed by atoms with Gasteiger partial charge in [0.05, 0.1) is 0 Å². The summed E-state index contributed by atoms with van der Waals surface area (Å²) in [6, 6.07) is 0.917. The number of aliphatic imine (C=N–C) groups is 1. The van der Waals surface area contributed by atoms with E-state index in [2.05, 4.69) is 14.7 Å². The van der Waals surface area contributed by atoms with Crippen LogP contribution >= 0.6 is 0 Å². The van der Waals surface area contributed by atoms with E-state index in [1.165, 1.54) is 0 Å². The molecule has 0 N–H and O–H groups in total. The maximum absolute atomic E-state index is 8.50. The molecule has 4 nitrogen and oxygen atoms in total. The van der Waals surface area contributed by atoms with Crippen LogP contribution in [0.4, 0.5) is 0 Å². The highest BCUT2D eigenvalue weighted by molar-refractivity contribution is 5.96. The third-order valence-corrected chi connectivity index (χ3v) is 1.17. The van der Waals surface area contributed by atoms with Crippen LogP contribution in [-0.2, 0) is 0 Å². The van der Waals surface area contributed by atoms with Gasteiger partial charge in [0.15, 0.2) is 11.8 Å². The van der Waals surface area contributed by atoms with Gasteiger partial charge < -0.3 is 4.85 Å². The molecule has 0 aromatic carbocycles. The second-order valence-electron chi connectivity index (χ2n) is 1.94. The lowest BCUT2D eigenvalue weighted by Crippen LogP contribution is -2.17. The van der Waals surface area contributed by atoms with Crippen molar-refractivity contribution in [1.29, 1.82) is 5.26 Å². The molecule has 0 spiro atoms. The number of hydrogen-bond acceptors (Lipinski definition) is 2. The lowest BCUT2D eigenvalue weighted by atomic mass is 10.2. The van der Waals surface area contributed by atoms with E-state index in [-0.39, 0.29) is 6.54 Å². The minimum Gasteiger partial charge on any atom is -0.310 e. The Hall–Kier alpha value is -1.86. The fourth-order valence-electron chi connectivity index (χ4n) is 0.685. The molecule has 0 radical (unpaired) electrons. The molecule has 0 rings (SSSR count). The first kappa shape index (κ1) is 10.1. The largest absolute Gasteiger partial charge is 0.352 e. The molecule has 1 unspecified atom stereocenters. The number of nitrogens with zero attached hydrogens (tertiary/aromatic N) is 4. The van der Waals surface area contributed by atoms with Crippen LogP contribution in [0.1, 0.15) is 6.92 Å². The van der Waals surface area contributed by atoms with Gasteiger partial charge in [-0.2, -0.15) is 5.26 Å². The Balaban J connectivity index is 4.56. The molecule has 0 heterocycles. The Kier molecular flexibility index (Phi) is 4.98. The van der Waals surface area contributed by atoms with Crippen molar-refractivity contribution >= 4 is 5.71 Å². The van der Waals surface area contributed by atoms with Gasteiger partial charge >= 0.3 is 6.04 Å². The monoisotopic (exact) mass is 160 g/mol. The van der Waals surface area contributed by atoms with Crippen LogP contribution in [0, 0.1) is 24.5 Å². The van der Waals surface area contributed by atoms with Gasteiger partial charge in [-0.3, -0.25) is 9.84 Å². The summed E-state index contributed by atoms with van der Waals surface area (Å²) in [4.78, 5) is 10.1. The first-order valence-electron chi connectivity index (χ1n) is 3.42. The minimum absolute atomic E-state index is 0.0500. The van der Waals surface area contributed by atoms with Crippen LogP contribution in [0.25, 0.3) is 9.69 Å². The fraction of sp³-hybridized carbons (Fsp3) is 0.500. The Morgan fingerprint density at radius 1 is 1.67 bits per heavy atom. The van der Waals surface area contributed by atoms with E-state index >= 15 is 0 Å². The summed E-state index contributed by atoms with van der Waals surface area (Å²) < 4.78 is 0. The molecular weight excluding hydrogens is 152 g/mol. The second kappa shape index (κ2) is 5.89. The first-order chi connectivity index (χ1) is 5.79. The number of nitriles is 1. The number of rotatable bonds is 3. The summed E-state index contributed by atoms with van der Waals surface area (Å²) in [5.74, 6) is 0. The molecule has 1 atom stereocenters. The predicted octanol–water partition coefficient (Wildman–Crippen LogP) is 1.18. The normalized spacial score (nSPS) is 12.3. The van der Waals surface area contributed by atoms with E-state index in [1.54, 1.807) is 6.07 Å². The third kappa shape index (κ3) is 2.82. The van der Waals surface area contributed by atoms with Crippen molar-refractivity contribution in [2.75, 3.05) is 13.1 Å². The zero-order valence-corrected chi connectivity index (χ0v) is 6.78. The molecule has 0 aromatic rings. The van der Waals surface area contributed by atoms with E-state index in [0.29, 0.717) is 12.3 Å². The Bertz CT molecular complexity index is 270. The van der Waals surface area contributed by atoms with Crippen LogP contribution < -0.4 is 0 Å². The predicted molar refractivity (Wildman–Crippen MR) is 45.4 cm³/mol. The van der Waals surface area contributed by atoms with Crippen molar-refractivity contribution in [3.63, 3.8) is 0 Å². The molecule has 0 aliphatic carbocycles. The fourth-order valence-corrected chi connectivity index (χ4v) is 0.685. The molecular formula is C8H8N4. The SMILES string of the molecule is [C-]#[N+]CC(=NCC)C(C#N)[N+]#[C-]. The van der Waals surface area contributed by atoms with Crippen molar-refractivity contribution in [2.45, 2.75) is 13.0 Å². The summed E-state index contributed by atoms with van der Waals surface area (Å²) in [5.41, 5.74) is 0.380. The van der Waals surface area contributed by atoms with Gasteiger partial charge in [-0.1, -0.05) is 0 Å². The maximum atomic E-state index is 8.50. The van der Waals surface area contributed by atoms with E-state index in [4.69, 9.17) is 18.4 Å². The summed E-state index contributed by atoms with van der Waals surface area (Å²) in [6.07, 6.45) is 0. The van der Waals surface area contributed by atoms with Crippen molar-refractivity contribution in [2.24, 2.45) is 4.99 Å². The minimum atomic E-state index is -0.876. The van der Waals surface area contributed by atoms with Gasteiger partial charge in [-0.15, -0.1) is 0 Å². The van der Waals surface area contributed by atoms with Crippen LogP contribution in [0.5, 0.6) is 0 Å². The Morgan fingerprint density at radius 3 is 2.67 bits per heavy atom. The molecule has 0 amide bonds. The maximum Gasteiger partial charge on any atom is 0.352 e. The zero-order valence-electron chi connectivity index (χ0n) is 6.78. The van der Waals surface area contributed by atoms with Crippen LogP contribution in [0.15, 0.2) is 4.99 Å². The van der Waals surface area contributed by atoms with Crippen molar-refractivity contribution in [1.82, 2.24) is 0 Å². The molecule has 0 saturated carbocycles. The highest BCUT2D eigenvalue weighted by Gasteiger charge is 2.21. The summed E-state index contributed by atoms with van der Waals surface area (Å²) in [6.45, 7) is 15.6. The average molecular weight is 160 g/mol.